The summed E-state index contributed by atoms with van der Waals surface area (Å²) in [4.78, 5) is 7.78. The number of imidazole rings is 1. The molecule has 0 N–H and O–H groups in total. The van der Waals surface area contributed by atoms with Gasteiger partial charge < -0.3 is 4.90 Å². The molecule has 0 unspecified atom stereocenters. The second kappa shape index (κ2) is 14.1. The highest BCUT2D eigenvalue weighted by molar-refractivity contribution is 6.24. The molecular formula is C55H37N3. The van der Waals surface area contributed by atoms with Crippen molar-refractivity contribution in [3.05, 3.63) is 224 Å². The van der Waals surface area contributed by atoms with Crippen LogP contribution in [0.25, 0.3) is 82.7 Å². The Hall–Kier alpha value is -7.75. The van der Waals surface area contributed by atoms with Crippen LogP contribution in [0, 0.1) is 0 Å². The van der Waals surface area contributed by atoms with Gasteiger partial charge in [0.15, 0.2) is 0 Å². The third-order valence-electron chi connectivity index (χ3n) is 11.4. The smallest absolute Gasteiger partial charge is 0.145 e. The Balaban J connectivity index is 1.04. The third-order valence-corrected chi connectivity index (χ3v) is 11.4. The molecule has 0 bridgehead atoms. The number of fused-ring (bicyclic) bond motifs is 7. The monoisotopic (exact) mass is 739 g/mol. The Labute approximate surface area is 337 Å². The van der Waals surface area contributed by atoms with Crippen LogP contribution in [-0.4, -0.2) is 9.55 Å². The zero-order valence-corrected chi connectivity index (χ0v) is 31.7. The van der Waals surface area contributed by atoms with E-state index in [2.05, 4.69) is 234 Å². The van der Waals surface area contributed by atoms with Gasteiger partial charge in [0.2, 0.25) is 0 Å². The molecule has 11 rings (SSSR count). The van der Waals surface area contributed by atoms with Crippen LogP contribution in [0.1, 0.15) is 0 Å². The fourth-order valence-electron chi connectivity index (χ4n) is 8.54. The molecule has 11 aromatic rings. The Morgan fingerprint density at radius 3 is 1.53 bits per heavy atom. The average Bonchev–Trinajstić information content (AvgIpc) is 3.72. The minimum Gasteiger partial charge on any atom is -0.310 e. The summed E-state index contributed by atoms with van der Waals surface area (Å²) in [7, 11) is 0. The van der Waals surface area contributed by atoms with E-state index >= 15 is 0 Å². The van der Waals surface area contributed by atoms with Crippen molar-refractivity contribution in [1.82, 2.24) is 9.55 Å². The van der Waals surface area contributed by atoms with E-state index < -0.39 is 0 Å². The van der Waals surface area contributed by atoms with Crippen LogP contribution >= 0.6 is 0 Å². The van der Waals surface area contributed by atoms with Crippen LogP contribution in [0.4, 0.5) is 17.1 Å². The minimum atomic E-state index is 0.935. The molecule has 0 aliphatic carbocycles. The number of benzene rings is 10. The molecule has 1 aromatic heterocycles. The molecule has 0 radical (unpaired) electrons. The molecule has 272 valence electrons. The van der Waals surface area contributed by atoms with Gasteiger partial charge in [0.25, 0.3) is 0 Å². The van der Waals surface area contributed by atoms with Gasteiger partial charge >= 0.3 is 0 Å². The van der Waals surface area contributed by atoms with E-state index in [0.29, 0.717) is 0 Å². The Morgan fingerprint density at radius 1 is 0.328 bits per heavy atom. The largest absolute Gasteiger partial charge is 0.310 e. The number of aromatic nitrogens is 2. The molecule has 0 saturated heterocycles. The van der Waals surface area contributed by atoms with Crippen molar-refractivity contribution in [3.63, 3.8) is 0 Å². The van der Waals surface area contributed by atoms with Crippen molar-refractivity contribution in [2.24, 2.45) is 0 Å². The first-order valence-electron chi connectivity index (χ1n) is 19.8. The second-order valence-corrected chi connectivity index (χ2v) is 14.8. The van der Waals surface area contributed by atoms with E-state index in [1.54, 1.807) is 0 Å². The molecule has 3 heteroatoms. The lowest BCUT2D eigenvalue weighted by Gasteiger charge is -2.26. The van der Waals surface area contributed by atoms with Crippen molar-refractivity contribution in [2.45, 2.75) is 0 Å². The SMILES string of the molecule is c1ccc(-c2ccc(N(c3ccc(-c4ccc5c(c4)c4ccccc4c4c5nc(-c5ccccc5)n4-c4ccccc4)cc3)c3ccc4ccccc4c3)cc2)cc1. The normalized spacial score (nSPS) is 11.4. The highest BCUT2D eigenvalue weighted by Crippen LogP contribution is 2.42. The molecule has 0 saturated carbocycles. The zero-order chi connectivity index (χ0) is 38.4. The van der Waals surface area contributed by atoms with Crippen LogP contribution in [0.2, 0.25) is 0 Å². The van der Waals surface area contributed by atoms with E-state index in [4.69, 9.17) is 4.98 Å². The van der Waals surface area contributed by atoms with Crippen LogP contribution < -0.4 is 4.90 Å². The first-order valence-corrected chi connectivity index (χ1v) is 19.8. The third kappa shape index (κ3) is 5.80. The lowest BCUT2D eigenvalue weighted by molar-refractivity contribution is 1.11. The van der Waals surface area contributed by atoms with Crippen molar-refractivity contribution in [1.29, 1.82) is 0 Å². The highest BCUT2D eigenvalue weighted by Gasteiger charge is 2.21. The summed E-state index contributed by atoms with van der Waals surface area (Å²) in [6.45, 7) is 0. The average molecular weight is 740 g/mol. The summed E-state index contributed by atoms with van der Waals surface area (Å²) in [5.74, 6) is 0.935. The number of anilines is 3. The summed E-state index contributed by atoms with van der Waals surface area (Å²) < 4.78 is 2.33. The summed E-state index contributed by atoms with van der Waals surface area (Å²) in [6, 6.07) is 80.4. The van der Waals surface area contributed by atoms with Crippen molar-refractivity contribution in [2.75, 3.05) is 4.90 Å². The predicted octanol–water partition coefficient (Wildman–Crippen LogP) is 15.0. The van der Waals surface area contributed by atoms with Gasteiger partial charge in [-0.25, -0.2) is 4.98 Å². The maximum absolute atomic E-state index is 5.43. The lowest BCUT2D eigenvalue weighted by Crippen LogP contribution is -2.09. The minimum absolute atomic E-state index is 0.935. The van der Waals surface area contributed by atoms with Gasteiger partial charge in [-0.3, -0.25) is 4.57 Å². The molecule has 10 aromatic carbocycles. The fraction of sp³-hybridized carbons (Fsp3) is 0. The van der Waals surface area contributed by atoms with Crippen molar-refractivity contribution in [3.8, 4) is 39.3 Å². The molecular weight excluding hydrogens is 703 g/mol. The summed E-state index contributed by atoms with van der Waals surface area (Å²) >= 11 is 0. The van der Waals surface area contributed by atoms with E-state index in [9.17, 15) is 0 Å². The quantitative estimate of drug-likeness (QED) is 0.152. The van der Waals surface area contributed by atoms with Crippen LogP contribution in [0.3, 0.4) is 0 Å². The molecule has 0 fully saturated rings. The van der Waals surface area contributed by atoms with Gasteiger partial charge in [-0.05, 0) is 98.4 Å². The highest BCUT2D eigenvalue weighted by atomic mass is 15.1. The predicted molar refractivity (Wildman–Crippen MR) is 245 cm³/mol. The number of para-hydroxylation sites is 1. The molecule has 0 spiro atoms. The molecule has 1 heterocycles. The van der Waals surface area contributed by atoms with Crippen molar-refractivity contribution < 1.29 is 0 Å². The molecule has 0 atom stereocenters. The standard InChI is InChI=1S/C55H37N3/c1-4-14-38(15-5-1)40-24-30-46(31-25-40)57(48-34-28-39-16-10-11-19-43(39)36-48)47-32-26-41(27-33-47)44-29-35-50-52(37-44)49-22-12-13-23-51(49)54-53(50)56-55(42-17-6-2-7-18-42)58(54)45-20-8-3-9-21-45/h1-37H. The first kappa shape index (κ1) is 33.6. The summed E-state index contributed by atoms with van der Waals surface area (Å²) in [5.41, 5.74) is 12.3. The number of hydrogen-bond acceptors (Lipinski definition) is 2. The van der Waals surface area contributed by atoms with E-state index in [0.717, 1.165) is 56.1 Å². The fourth-order valence-corrected chi connectivity index (χ4v) is 8.54. The zero-order valence-electron chi connectivity index (χ0n) is 31.7. The van der Waals surface area contributed by atoms with Gasteiger partial charge in [0.1, 0.15) is 5.82 Å². The van der Waals surface area contributed by atoms with Gasteiger partial charge in [-0.2, -0.15) is 0 Å². The number of hydrogen-bond donors (Lipinski definition) is 0. The lowest BCUT2D eigenvalue weighted by atomic mass is 9.95. The maximum atomic E-state index is 5.43. The molecule has 0 aliphatic rings. The Kier molecular flexibility index (Phi) is 8.15. The second-order valence-electron chi connectivity index (χ2n) is 14.8. The summed E-state index contributed by atoms with van der Waals surface area (Å²) in [5, 5.41) is 7.16. The first-order chi connectivity index (χ1) is 28.8. The molecule has 3 nitrogen and oxygen atoms in total. The molecule has 0 amide bonds. The van der Waals surface area contributed by atoms with Crippen molar-refractivity contribution >= 4 is 60.4 Å². The van der Waals surface area contributed by atoms with E-state index in [1.807, 2.05) is 0 Å². The topological polar surface area (TPSA) is 21.1 Å². The van der Waals surface area contributed by atoms with Gasteiger partial charge in [0, 0.05) is 39.1 Å². The Bertz CT molecular complexity index is 3240. The number of rotatable bonds is 7. The molecule has 0 aliphatic heterocycles. The van der Waals surface area contributed by atoms with Crippen LogP contribution in [0.15, 0.2) is 224 Å². The van der Waals surface area contributed by atoms with E-state index in [-0.39, 0.29) is 0 Å². The van der Waals surface area contributed by atoms with Gasteiger partial charge in [-0.15, -0.1) is 0 Å². The van der Waals surface area contributed by atoms with E-state index in [1.165, 1.54) is 43.6 Å². The maximum Gasteiger partial charge on any atom is 0.145 e. The Morgan fingerprint density at radius 2 is 0.845 bits per heavy atom. The van der Waals surface area contributed by atoms with Crippen LogP contribution in [-0.2, 0) is 0 Å². The van der Waals surface area contributed by atoms with Gasteiger partial charge in [0.05, 0.1) is 11.0 Å². The van der Waals surface area contributed by atoms with Gasteiger partial charge in [-0.1, -0.05) is 170 Å². The molecule has 58 heavy (non-hydrogen) atoms. The van der Waals surface area contributed by atoms with Crippen LogP contribution in [0.5, 0.6) is 0 Å². The number of nitrogens with zero attached hydrogens (tertiary/aromatic N) is 3. The summed E-state index contributed by atoms with van der Waals surface area (Å²) in [6.07, 6.45) is 0.